The van der Waals surface area contributed by atoms with Crippen molar-refractivity contribution in [1.29, 1.82) is 0 Å². The number of ether oxygens (including phenoxy) is 1. The number of hydrogen-bond acceptors (Lipinski definition) is 4. The molecule has 0 saturated carbocycles. The van der Waals surface area contributed by atoms with Gasteiger partial charge in [-0.1, -0.05) is 0 Å². The lowest BCUT2D eigenvalue weighted by molar-refractivity contribution is -0.290. The molecule has 0 amide bonds. The van der Waals surface area contributed by atoms with Gasteiger partial charge >= 0.3 is 24.2 Å². The van der Waals surface area contributed by atoms with Gasteiger partial charge in [0.05, 0.1) is 5.75 Å². The van der Waals surface area contributed by atoms with Gasteiger partial charge in [0.15, 0.2) is 12.3 Å². The Kier molecular flexibility index (Phi) is 6.78. The van der Waals surface area contributed by atoms with E-state index in [2.05, 4.69) is 9.84 Å². The molecule has 0 aliphatic heterocycles. The van der Waals surface area contributed by atoms with Crippen molar-refractivity contribution in [3.05, 3.63) is 35.3 Å². The molecule has 1 aromatic heterocycles. The molecule has 0 aliphatic carbocycles. The Bertz CT molecular complexity index is 970. The van der Waals surface area contributed by atoms with E-state index in [9.17, 15) is 49.4 Å². The van der Waals surface area contributed by atoms with Crippen LogP contribution in [0.4, 0.5) is 39.5 Å². The third kappa shape index (κ3) is 5.98. The van der Waals surface area contributed by atoms with E-state index in [1.54, 1.807) is 0 Å². The van der Waals surface area contributed by atoms with E-state index in [4.69, 9.17) is 0 Å². The van der Waals surface area contributed by atoms with Gasteiger partial charge in [-0.15, -0.1) is 16.9 Å². The normalized spacial score (nSPS) is 12.8. The van der Waals surface area contributed by atoms with E-state index in [-0.39, 0.29) is 22.2 Å². The van der Waals surface area contributed by atoms with Gasteiger partial charge in [0.2, 0.25) is 5.88 Å². The minimum absolute atomic E-state index is 0.0841. The van der Waals surface area contributed by atoms with Gasteiger partial charge in [-0.05, 0) is 24.6 Å². The number of thioether (sulfide) groups is 1. The summed E-state index contributed by atoms with van der Waals surface area (Å²) in [4.78, 5) is 11.3. The van der Waals surface area contributed by atoms with E-state index in [0.29, 0.717) is 10.7 Å². The zero-order valence-corrected chi connectivity index (χ0v) is 15.9. The molecule has 1 N–H and O–H groups in total. The van der Waals surface area contributed by atoms with Gasteiger partial charge in [-0.2, -0.15) is 35.1 Å². The summed E-state index contributed by atoms with van der Waals surface area (Å²) in [5.74, 6) is -10.5. The monoisotopic (exact) mass is 482 g/mol. The second-order valence-corrected chi connectivity index (χ2v) is 7.07. The number of carbonyl (C=O) groups is 1. The molecule has 0 saturated heterocycles. The summed E-state index contributed by atoms with van der Waals surface area (Å²) in [5, 5.41) is 12.6. The molecule has 0 radical (unpaired) electrons. The van der Waals surface area contributed by atoms with Crippen LogP contribution in [0.15, 0.2) is 23.1 Å². The van der Waals surface area contributed by atoms with Crippen molar-refractivity contribution in [3.8, 4) is 11.6 Å². The van der Waals surface area contributed by atoms with Gasteiger partial charge in [-0.25, -0.2) is 13.9 Å². The molecule has 1 aromatic carbocycles. The predicted molar refractivity (Wildman–Crippen MR) is 88.5 cm³/mol. The fraction of sp³-hybridized carbons (Fsp3) is 0.375. The number of aryl methyl sites for hydroxylation is 1. The molecule has 2 rings (SSSR count). The van der Waals surface area contributed by atoms with Crippen molar-refractivity contribution < 1.29 is 54.2 Å². The number of benzene rings is 1. The highest BCUT2D eigenvalue weighted by molar-refractivity contribution is 7.99. The van der Waals surface area contributed by atoms with Gasteiger partial charge in [-0.3, -0.25) is 0 Å². The van der Waals surface area contributed by atoms with Crippen molar-refractivity contribution >= 4 is 17.7 Å². The Morgan fingerprint density at radius 1 is 1.13 bits per heavy atom. The van der Waals surface area contributed by atoms with Crippen LogP contribution < -0.4 is 4.74 Å². The lowest BCUT2D eigenvalue weighted by Gasteiger charge is -2.18. The largest absolute Gasteiger partial charge is 0.477 e. The van der Waals surface area contributed by atoms with Crippen LogP contribution in [0.1, 0.15) is 16.1 Å². The third-order valence-electron chi connectivity index (χ3n) is 3.59. The minimum Gasteiger partial charge on any atom is -0.477 e. The smallest absolute Gasteiger partial charge is 0.456 e. The maximum Gasteiger partial charge on any atom is 0.456 e. The number of hydrogen-bond donors (Lipinski definition) is 1. The molecule has 0 bridgehead atoms. The van der Waals surface area contributed by atoms with Gasteiger partial charge < -0.3 is 9.84 Å². The maximum atomic E-state index is 14.4. The van der Waals surface area contributed by atoms with Crippen molar-refractivity contribution in [2.45, 2.75) is 30.1 Å². The first-order chi connectivity index (χ1) is 14.0. The molecule has 1 heterocycles. The average Bonchev–Trinajstić information content (AvgIpc) is 3.02. The zero-order chi connectivity index (χ0) is 23.8. The first-order valence-electron chi connectivity index (χ1n) is 7.92. The predicted octanol–water partition coefficient (Wildman–Crippen LogP) is 5.25. The fourth-order valence-electron chi connectivity index (χ4n) is 2.13. The van der Waals surface area contributed by atoms with Crippen molar-refractivity contribution in [3.63, 3.8) is 0 Å². The van der Waals surface area contributed by atoms with Gasteiger partial charge in [0, 0.05) is 11.0 Å². The van der Waals surface area contributed by atoms with E-state index in [0.717, 1.165) is 12.1 Å². The Hall–Kier alpha value is -2.58. The summed E-state index contributed by atoms with van der Waals surface area (Å²) < 4.78 is 119. The molecule has 5 nitrogen and oxygen atoms in total. The molecular formula is C16H11F9N2O3S. The summed E-state index contributed by atoms with van der Waals surface area (Å²) in [6.07, 6.45) is -10.5. The van der Waals surface area contributed by atoms with Gasteiger partial charge in [0.1, 0.15) is 11.5 Å². The SMILES string of the molecule is Cc1cc(F)c(-n2nc(OCC(F)(F)C(F)(F)F)cc2C(=O)O)cc1SCC(F)(F)F. The lowest BCUT2D eigenvalue weighted by Crippen LogP contribution is -2.41. The zero-order valence-electron chi connectivity index (χ0n) is 15.1. The summed E-state index contributed by atoms with van der Waals surface area (Å²) in [6, 6.07) is 2.10. The van der Waals surface area contributed by atoms with E-state index >= 15 is 0 Å². The topological polar surface area (TPSA) is 64.4 Å². The fourth-order valence-corrected chi connectivity index (χ4v) is 2.93. The number of aromatic nitrogens is 2. The second kappa shape index (κ2) is 8.51. The third-order valence-corrected chi connectivity index (χ3v) is 4.81. The van der Waals surface area contributed by atoms with Crippen molar-refractivity contribution in [2.24, 2.45) is 0 Å². The first kappa shape index (κ1) is 24.7. The molecule has 0 fully saturated rings. The number of aromatic carboxylic acids is 1. The van der Waals surface area contributed by atoms with Crippen LogP contribution >= 0.6 is 11.8 Å². The molecular weight excluding hydrogens is 471 g/mol. The van der Waals surface area contributed by atoms with Gasteiger partial charge in [0.25, 0.3) is 0 Å². The molecule has 31 heavy (non-hydrogen) atoms. The molecule has 172 valence electrons. The number of carboxylic acid groups (broad SMARTS) is 1. The van der Waals surface area contributed by atoms with Crippen LogP contribution in [0.5, 0.6) is 5.88 Å². The van der Waals surface area contributed by atoms with E-state index in [1.165, 1.54) is 6.92 Å². The lowest BCUT2D eigenvalue weighted by atomic mass is 10.2. The van der Waals surface area contributed by atoms with Crippen LogP contribution in [-0.2, 0) is 0 Å². The highest BCUT2D eigenvalue weighted by atomic mass is 32.2. The molecule has 0 unspecified atom stereocenters. The van der Waals surface area contributed by atoms with Crippen LogP contribution in [0.25, 0.3) is 5.69 Å². The summed E-state index contributed by atoms with van der Waals surface area (Å²) in [6.45, 7) is -0.934. The van der Waals surface area contributed by atoms with Crippen LogP contribution in [0.3, 0.4) is 0 Å². The highest BCUT2D eigenvalue weighted by Crippen LogP contribution is 2.36. The number of alkyl halides is 8. The van der Waals surface area contributed by atoms with E-state index < -0.39 is 59.7 Å². The summed E-state index contributed by atoms with van der Waals surface area (Å²) in [7, 11) is 0. The minimum atomic E-state index is -5.95. The Labute approximate surface area is 171 Å². The summed E-state index contributed by atoms with van der Waals surface area (Å²) in [5.41, 5.74) is -1.48. The second-order valence-electron chi connectivity index (χ2n) is 6.05. The Balaban J connectivity index is 2.42. The molecule has 0 spiro atoms. The van der Waals surface area contributed by atoms with Crippen molar-refractivity contribution in [1.82, 2.24) is 9.78 Å². The van der Waals surface area contributed by atoms with Crippen LogP contribution in [-0.4, -0.2) is 51.5 Å². The standard InChI is InChI=1S/C16H11F9N2O3S/c1-7-2-8(17)9(3-11(7)31-6-15(20,21)22)27-10(13(28)29)4-12(26-27)30-5-14(18,19)16(23,24)25/h2-4H,5-6H2,1H3,(H,28,29). The highest BCUT2D eigenvalue weighted by Gasteiger charge is 2.58. The number of nitrogens with zero attached hydrogens (tertiary/aromatic N) is 2. The van der Waals surface area contributed by atoms with Crippen molar-refractivity contribution in [2.75, 3.05) is 12.4 Å². The summed E-state index contributed by atoms with van der Waals surface area (Å²) >= 11 is 0.273. The molecule has 2 aromatic rings. The molecule has 15 heteroatoms. The first-order valence-corrected chi connectivity index (χ1v) is 8.91. The number of carboxylic acids is 1. The van der Waals surface area contributed by atoms with E-state index in [1.807, 2.05) is 0 Å². The Morgan fingerprint density at radius 2 is 1.74 bits per heavy atom. The molecule has 0 atom stereocenters. The number of rotatable bonds is 7. The maximum absolute atomic E-state index is 14.4. The average molecular weight is 482 g/mol. The Morgan fingerprint density at radius 3 is 2.26 bits per heavy atom. The molecule has 0 aliphatic rings. The van der Waals surface area contributed by atoms with Crippen LogP contribution in [0, 0.1) is 12.7 Å². The quantitative estimate of drug-likeness (QED) is 0.432. The van der Waals surface area contributed by atoms with Crippen LogP contribution in [0.2, 0.25) is 0 Å². The number of halogens is 9.